The highest BCUT2D eigenvalue weighted by Gasteiger charge is 2.38. The fourth-order valence-corrected chi connectivity index (χ4v) is 3.19. The number of likely N-dealkylation sites (N-methyl/N-ethyl adjacent to an activating group) is 1. The highest BCUT2D eigenvalue weighted by molar-refractivity contribution is 7.13. The number of esters is 1. The Kier molecular flexibility index (Phi) is 4.99. The predicted octanol–water partition coefficient (Wildman–Crippen LogP) is 2.14. The van der Waals surface area contributed by atoms with Crippen molar-refractivity contribution in [1.82, 2.24) is 9.88 Å². The maximum Gasteiger partial charge on any atom is 0.305 e. The van der Waals surface area contributed by atoms with E-state index in [-0.39, 0.29) is 11.5 Å². The van der Waals surface area contributed by atoms with Crippen LogP contribution in [0.4, 0.5) is 5.13 Å². The molecule has 0 saturated heterocycles. The van der Waals surface area contributed by atoms with Crippen molar-refractivity contribution in [3.8, 4) is 0 Å². The van der Waals surface area contributed by atoms with Gasteiger partial charge in [-0.15, -0.1) is 11.3 Å². The lowest BCUT2D eigenvalue weighted by atomic mass is 9.75. The number of hydrogen-bond acceptors (Lipinski definition) is 6. The summed E-state index contributed by atoms with van der Waals surface area (Å²) in [6, 6.07) is 0. The van der Waals surface area contributed by atoms with Crippen LogP contribution in [0.1, 0.15) is 31.4 Å². The molecule has 1 saturated carbocycles. The summed E-state index contributed by atoms with van der Waals surface area (Å²) in [6.45, 7) is 0.934. The first-order chi connectivity index (χ1) is 9.55. The number of thiazole rings is 1. The number of aromatic nitrogens is 1. The number of anilines is 1. The van der Waals surface area contributed by atoms with Crippen molar-refractivity contribution in [3.05, 3.63) is 11.1 Å². The van der Waals surface area contributed by atoms with Crippen LogP contribution in [0.15, 0.2) is 5.38 Å². The van der Waals surface area contributed by atoms with Crippen molar-refractivity contribution < 1.29 is 9.53 Å². The number of carbonyl (C=O) groups excluding carboxylic acids is 1. The van der Waals surface area contributed by atoms with E-state index in [0.717, 1.165) is 17.4 Å². The largest absolute Gasteiger partial charge is 0.469 e. The van der Waals surface area contributed by atoms with Gasteiger partial charge < -0.3 is 15.0 Å². The van der Waals surface area contributed by atoms with E-state index in [4.69, 9.17) is 0 Å². The normalized spacial score (nSPS) is 16.8. The fraction of sp³-hybridized carbons (Fsp3) is 0.714. The molecular formula is C14H23N3O2S. The van der Waals surface area contributed by atoms with Gasteiger partial charge in [-0.05, 0) is 33.4 Å². The molecule has 0 unspecified atom stereocenters. The summed E-state index contributed by atoms with van der Waals surface area (Å²) < 4.78 is 4.63. The Balaban J connectivity index is 1.82. The number of carbonyl (C=O) groups is 1. The van der Waals surface area contributed by atoms with Crippen molar-refractivity contribution in [1.29, 1.82) is 0 Å². The first-order valence-corrected chi connectivity index (χ1v) is 7.86. The van der Waals surface area contributed by atoms with Gasteiger partial charge in [0.1, 0.15) is 0 Å². The Labute approximate surface area is 124 Å². The molecule has 0 aliphatic heterocycles. The maximum absolute atomic E-state index is 11.1. The molecule has 20 heavy (non-hydrogen) atoms. The van der Waals surface area contributed by atoms with Crippen molar-refractivity contribution in [2.75, 3.05) is 33.1 Å². The number of hydrogen-bond donors (Lipinski definition) is 1. The van der Waals surface area contributed by atoms with Crippen LogP contribution in [-0.4, -0.2) is 49.1 Å². The average Bonchev–Trinajstić information content (AvgIpc) is 2.82. The second-order valence-corrected chi connectivity index (χ2v) is 6.40. The lowest BCUT2D eigenvalue weighted by Crippen LogP contribution is -2.54. The maximum atomic E-state index is 11.1. The Hall–Kier alpha value is -1.14. The lowest BCUT2D eigenvalue weighted by molar-refractivity contribution is -0.140. The molecule has 1 aliphatic carbocycles. The molecule has 1 aromatic heterocycles. The highest BCUT2D eigenvalue weighted by Crippen LogP contribution is 2.36. The zero-order valence-corrected chi connectivity index (χ0v) is 13.3. The SMILES string of the molecule is COC(=O)CCc1csc(NCC2(N(C)C)CCC2)n1. The van der Waals surface area contributed by atoms with Gasteiger partial charge in [0.05, 0.1) is 19.2 Å². The standard InChI is InChI=1S/C14H23N3O2S/c1-17(2)14(7-4-8-14)10-15-13-16-11(9-20-13)5-6-12(18)19-3/h9H,4-8,10H2,1-3H3,(H,15,16). The van der Waals surface area contributed by atoms with Crippen LogP contribution in [0.2, 0.25) is 0 Å². The minimum atomic E-state index is -0.187. The molecule has 112 valence electrons. The van der Waals surface area contributed by atoms with E-state index in [2.05, 4.69) is 34.0 Å². The van der Waals surface area contributed by atoms with Crippen LogP contribution in [0.3, 0.4) is 0 Å². The van der Waals surface area contributed by atoms with E-state index >= 15 is 0 Å². The van der Waals surface area contributed by atoms with Crippen LogP contribution < -0.4 is 5.32 Å². The molecule has 2 rings (SSSR count). The minimum Gasteiger partial charge on any atom is -0.469 e. The molecule has 0 aromatic carbocycles. The van der Waals surface area contributed by atoms with Crippen molar-refractivity contribution in [2.45, 2.75) is 37.6 Å². The number of nitrogens with one attached hydrogen (secondary N) is 1. The topological polar surface area (TPSA) is 54.5 Å². The van der Waals surface area contributed by atoms with Gasteiger partial charge in [0, 0.05) is 23.9 Å². The Morgan fingerprint density at radius 1 is 1.55 bits per heavy atom. The van der Waals surface area contributed by atoms with E-state index in [0.29, 0.717) is 12.8 Å². The zero-order chi connectivity index (χ0) is 14.6. The molecule has 0 radical (unpaired) electrons. The number of nitrogens with zero attached hydrogens (tertiary/aromatic N) is 2. The minimum absolute atomic E-state index is 0.187. The molecule has 1 heterocycles. The number of aryl methyl sites for hydroxylation is 1. The van der Waals surface area contributed by atoms with Crippen molar-refractivity contribution in [2.24, 2.45) is 0 Å². The Bertz CT molecular complexity index is 455. The molecule has 6 heteroatoms. The Morgan fingerprint density at radius 2 is 2.30 bits per heavy atom. The average molecular weight is 297 g/mol. The summed E-state index contributed by atoms with van der Waals surface area (Å²) in [7, 11) is 5.70. The van der Waals surface area contributed by atoms with Crippen molar-refractivity contribution in [3.63, 3.8) is 0 Å². The van der Waals surface area contributed by atoms with Crippen LogP contribution in [0, 0.1) is 0 Å². The molecule has 5 nitrogen and oxygen atoms in total. The van der Waals surface area contributed by atoms with E-state index in [1.54, 1.807) is 11.3 Å². The highest BCUT2D eigenvalue weighted by atomic mass is 32.1. The zero-order valence-electron chi connectivity index (χ0n) is 12.4. The quantitative estimate of drug-likeness (QED) is 0.782. The molecule has 0 atom stereocenters. The van der Waals surface area contributed by atoms with Gasteiger partial charge in [-0.3, -0.25) is 4.79 Å². The van der Waals surface area contributed by atoms with Gasteiger partial charge in [0.15, 0.2) is 5.13 Å². The Morgan fingerprint density at radius 3 is 2.85 bits per heavy atom. The molecule has 0 spiro atoms. The fourth-order valence-electron chi connectivity index (χ4n) is 2.44. The number of rotatable bonds is 7. The van der Waals surface area contributed by atoms with E-state index in [1.165, 1.54) is 26.4 Å². The summed E-state index contributed by atoms with van der Waals surface area (Å²) in [5.74, 6) is -0.187. The van der Waals surface area contributed by atoms with Crippen LogP contribution in [0.5, 0.6) is 0 Å². The molecule has 1 aliphatic rings. The first-order valence-electron chi connectivity index (χ1n) is 6.98. The second-order valence-electron chi connectivity index (χ2n) is 5.55. The van der Waals surface area contributed by atoms with E-state index in [1.807, 2.05) is 5.38 Å². The van der Waals surface area contributed by atoms with Crippen LogP contribution >= 0.6 is 11.3 Å². The van der Waals surface area contributed by atoms with Gasteiger partial charge in [0.25, 0.3) is 0 Å². The summed E-state index contributed by atoms with van der Waals surface area (Å²) in [5.41, 5.74) is 1.24. The second kappa shape index (κ2) is 6.54. The van der Waals surface area contributed by atoms with Gasteiger partial charge in [-0.1, -0.05) is 0 Å². The molecule has 1 N–H and O–H groups in total. The third kappa shape index (κ3) is 3.49. The molecule has 0 amide bonds. The van der Waals surface area contributed by atoms with Gasteiger partial charge in [0.2, 0.25) is 0 Å². The van der Waals surface area contributed by atoms with Crippen molar-refractivity contribution >= 4 is 22.4 Å². The van der Waals surface area contributed by atoms with Crippen LogP contribution in [-0.2, 0) is 16.0 Å². The summed E-state index contributed by atoms with van der Waals surface area (Å²) in [4.78, 5) is 17.9. The summed E-state index contributed by atoms with van der Waals surface area (Å²) in [6.07, 6.45) is 4.83. The smallest absolute Gasteiger partial charge is 0.305 e. The third-order valence-corrected chi connectivity index (χ3v) is 5.02. The number of methoxy groups -OCH3 is 1. The van der Waals surface area contributed by atoms with Gasteiger partial charge in [-0.25, -0.2) is 4.98 Å². The number of ether oxygens (including phenoxy) is 1. The van der Waals surface area contributed by atoms with Crippen LogP contribution in [0.25, 0.3) is 0 Å². The van der Waals surface area contributed by atoms with E-state index in [9.17, 15) is 4.79 Å². The van der Waals surface area contributed by atoms with Gasteiger partial charge >= 0.3 is 5.97 Å². The van der Waals surface area contributed by atoms with E-state index < -0.39 is 0 Å². The first kappa shape index (κ1) is 15.3. The monoisotopic (exact) mass is 297 g/mol. The third-order valence-electron chi connectivity index (χ3n) is 4.17. The summed E-state index contributed by atoms with van der Waals surface area (Å²) >= 11 is 1.60. The molecular weight excluding hydrogens is 274 g/mol. The van der Waals surface area contributed by atoms with Gasteiger partial charge in [-0.2, -0.15) is 0 Å². The summed E-state index contributed by atoms with van der Waals surface area (Å²) in [5, 5.41) is 6.39. The molecule has 1 fully saturated rings. The lowest BCUT2D eigenvalue weighted by Gasteiger charge is -2.47. The molecule has 1 aromatic rings. The predicted molar refractivity (Wildman–Crippen MR) is 81.2 cm³/mol. The molecule has 0 bridgehead atoms.